The van der Waals surface area contributed by atoms with Crippen LogP contribution in [0.4, 0.5) is 4.79 Å². The van der Waals surface area contributed by atoms with Gasteiger partial charge in [-0.25, -0.2) is 4.79 Å². The van der Waals surface area contributed by atoms with E-state index in [1.807, 2.05) is 25.7 Å². The van der Waals surface area contributed by atoms with Gasteiger partial charge in [-0.15, -0.1) is 0 Å². The number of nitrogens with one attached hydrogen (secondary N) is 1. The molecule has 0 aromatic heterocycles. The molecule has 1 aliphatic carbocycles. The Kier molecular flexibility index (Phi) is 6.29. The normalized spacial score (nSPS) is 34.1. The van der Waals surface area contributed by atoms with E-state index >= 15 is 0 Å². The zero-order valence-corrected chi connectivity index (χ0v) is 20.0. The molecule has 1 N–H and O–H groups in total. The summed E-state index contributed by atoms with van der Waals surface area (Å²) in [6.07, 6.45) is 5.70. The fourth-order valence-corrected chi connectivity index (χ4v) is 6.13. The number of rotatable bonds is 4. The number of hydrogen-bond acceptors (Lipinski definition) is 5. The number of amides is 2. The van der Waals surface area contributed by atoms with Gasteiger partial charge in [0.15, 0.2) is 0 Å². The van der Waals surface area contributed by atoms with Gasteiger partial charge in [-0.3, -0.25) is 4.79 Å². The molecule has 7 nitrogen and oxygen atoms in total. The molecule has 31 heavy (non-hydrogen) atoms. The molecule has 2 bridgehead atoms. The predicted octanol–water partition coefficient (Wildman–Crippen LogP) is 3.17. The van der Waals surface area contributed by atoms with Crippen LogP contribution in [0.5, 0.6) is 0 Å². The summed E-state index contributed by atoms with van der Waals surface area (Å²) in [5.41, 5.74) is -0.781. The summed E-state index contributed by atoms with van der Waals surface area (Å²) in [6, 6.07) is 1.14. The molecule has 7 heteroatoms. The highest BCUT2D eigenvalue weighted by molar-refractivity contribution is 5.85. The smallest absolute Gasteiger partial charge is 0.410 e. The minimum absolute atomic E-state index is 0.0885. The van der Waals surface area contributed by atoms with E-state index < -0.39 is 5.60 Å². The number of ether oxygens (including phenoxy) is 2. The minimum Gasteiger partial charge on any atom is -0.444 e. The van der Waals surface area contributed by atoms with E-state index in [0.717, 1.165) is 51.7 Å². The molecular formula is C24H41N3O4. The maximum Gasteiger partial charge on any atom is 0.410 e. The SMILES string of the molecule is CC(C)[C@]1(C(=O)N2C[C@@H]3C[C@H]2CN3C(=O)OC(C)(C)C)CC[C@@H](NC2CCOCC2)C1. The lowest BCUT2D eigenvalue weighted by Crippen LogP contribution is -2.56. The molecule has 0 aromatic carbocycles. The standard InChI is InChI=1S/C24H41N3O4/c1-16(2)24(9-6-18(13-24)25-17-7-10-30-11-8-17)21(28)26-14-20-12-19(26)15-27(20)22(29)31-23(3,4)5/h16-20,25H,6-15H2,1-5H3/t18-,19+,20+,24+/m1/s1. The van der Waals surface area contributed by atoms with Crippen LogP contribution in [-0.2, 0) is 14.3 Å². The number of carbonyl (C=O) groups excluding carboxylic acids is 2. The average Bonchev–Trinajstić information content (AvgIpc) is 3.41. The van der Waals surface area contributed by atoms with Gasteiger partial charge in [0.05, 0.1) is 17.5 Å². The second-order valence-electron chi connectivity index (χ2n) is 11.4. The molecule has 176 valence electrons. The van der Waals surface area contributed by atoms with E-state index in [0.29, 0.717) is 37.0 Å². The van der Waals surface area contributed by atoms with Crippen LogP contribution in [0.1, 0.15) is 73.1 Å². The van der Waals surface area contributed by atoms with Gasteiger partial charge in [-0.05, 0) is 65.2 Å². The first-order chi connectivity index (χ1) is 14.6. The first-order valence-corrected chi connectivity index (χ1v) is 12.2. The van der Waals surface area contributed by atoms with E-state index in [4.69, 9.17) is 9.47 Å². The van der Waals surface area contributed by atoms with E-state index in [1.54, 1.807) is 0 Å². The largest absolute Gasteiger partial charge is 0.444 e. The van der Waals surface area contributed by atoms with Gasteiger partial charge in [0.2, 0.25) is 5.91 Å². The maximum atomic E-state index is 13.9. The summed E-state index contributed by atoms with van der Waals surface area (Å²) >= 11 is 0. The highest BCUT2D eigenvalue weighted by atomic mass is 16.6. The lowest BCUT2D eigenvalue weighted by Gasteiger charge is -2.41. The van der Waals surface area contributed by atoms with E-state index in [9.17, 15) is 9.59 Å². The van der Waals surface area contributed by atoms with Crippen LogP contribution >= 0.6 is 0 Å². The summed E-state index contributed by atoms with van der Waals surface area (Å²) < 4.78 is 11.1. The number of hydrogen-bond donors (Lipinski definition) is 1. The number of likely N-dealkylation sites (tertiary alicyclic amines) is 2. The van der Waals surface area contributed by atoms with Crippen molar-refractivity contribution in [3.8, 4) is 0 Å². The Bertz CT molecular complexity index is 685. The monoisotopic (exact) mass is 435 g/mol. The Labute approximate surface area is 187 Å². The van der Waals surface area contributed by atoms with Crippen LogP contribution in [0.15, 0.2) is 0 Å². The number of piperazine rings is 1. The summed E-state index contributed by atoms with van der Waals surface area (Å²) in [7, 11) is 0. The fourth-order valence-electron chi connectivity index (χ4n) is 6.13. The van der Waals surface area contributed by atoms with Gasteiger partial charge in [-0.2, -0.15) is 0 Å². The highest BCUT2D eigenvalue weighted by Crippen LogP contribution is 2.48. The first-order valence-electron chi connectivity index (χ1n) is 12.2. The van der Waals surface area contributed by atoms with E-state index in [1.165, 1.54) is 0 Å². The van der Waals surface area contributed by atoms with Crippen LogP contribution in [0.3, 0.4) is 0 Å². The van der Waals surface area contributed by atoms with Crippen molar-refractivity contribution >= 4 is 12.0 Å². The van der Waals surface area contributed by atoms with Gasteiger partial charge >= 0.3 is 6.09 Å². The Morgan fingerprint density at radius 1 is 1.03 bits per heavy atom. The van der Waals surface area contributed by atoms with Crippen LogP contribution in [0.2, 0.25) is 0 Å². The molecule has 4 rings (SSSR count). The molecule has 0 aromatic rings. The van der Waals surface area contributed by atoms with E-state index in [2.05, 4.69) is 24.1 Å². The van der Waals surface area contributed by atoms with Gasteiger partial charge in [0, 0.05) is 38.4 Å². The zero-order chi connectivity index (χ0) is 22.4. The lowest BCUT2D eigenvalue weighted by atomic mass is 9.74. The topological polar surface area (TPSA) is 71.1 Å². The Morgan fingerprint density at radius 3 is 2.26 bits per heavy atom. The zero-order valence-electron chi connectivity index (χ0n) is 20.0. The molecule has 3 heterocycles. The molecule has 4 atom stereocenters. The third-order valence-corrected chi connectivity index (χ3v) is 7.90. The second-order valence-corrected chi connectivity index (χ2v) is 11.4. The predicted molar refractivity (Wildman–Crippen MR) is 119 cm³/mol. The molecule has 0 unspecified atom stereocenters. The molecule has 1 saturated carbocycles. The molecule has 3 saturated heterocycles. The second kappa shape index (κ2) is 8.54. The van der Waals surface area contributed by atoms with Crippen molar-refractivity contribution < 1.29 is 19.1 Å². The van der Waals surface area contributed by atoms with Gasteiger partial charge in [0.25, 0.3) is 0 Å². The van der Waals surface area contributed by atoms with Gasteiger partial charge < -0.3 is 24.6 Å². The van der Waals surface area contributed by atoms with Crippen molar-refractivity contribution in [2.45, 2.75) is 103 Å². The van der Waals surface area contributed by atoms with Crippen molar-refractivity contribution in [1.29, 1.82) is 0 Å². The van der Waals surface area contributed by atoms with Gasteiger partial charge in [-0.1, -0.05) is 13.8 Å². The van der Waals surface area contributed by atoms with Crippen LogP contribution in [-0.4, -0.2) is 77.9 Å². The molecule has 4 fully saturated rings. The summed E-state index contributed by atoms with van der Waals surface area (Å²) in [4.78, 5) is 30.4. The molecule has 0 radical (unpaired) electrons. The summed E-state index contributed by atoms with van der Waals surface area (Å²) in [6.45, 7) is 13.0. The molecule has 0 spiro atoms. The fraction of sp³-hybridized carbons (Fsp3) is 0.917. The maximum absolute atomic E-state index is 13.9. The first kappa shape index (κ1) is 22.8. The summed E-state index contributed by atoms with van der Waals surface area (Å²) in [5, 5.41) is 3.83. The number of nitrogens with zero attached hydrogens (tertiary/aromatic N) is 2. The third-order valence-electron chi connectivity index (χ3n) is 7.90. The van der Waals surface area contributed by atoms with Crippen LogP contribution in [0.25, 0.3) is 0 Å². The number of carbonyl (C=O) groups is 2. The third kappa shape index (κ3) is 4.58. The molecular weight excluding hydrogens is 394 g/mol. The van der Waals surface area contributed by atoms with Crippen molar-refractivity contribution in [2.24, 2.45) is 11.3 Å². The summed E-state index contributed by atoms with van der Waals surface area (Å²) in [5.74, 6) is 0.623. The van der Waals surface area contributed by atoms with E-state index in [-0.39, 0.29) is 23.6 Å². The Hall–Kier alpha value is -1.34. The van der Waals surface area contributed by atoms with Crippen LogP contribution < -0.4 is 5.32 Å². The quantitative estimate of drug-likeness (QED) is 0.734. The number of fused-ring (bicyclic) bond motifs is 2. The molecule has 4 aliphatic rings. The van der Waals surface area contributed by atoms with Gasteiger partial charge in [0.1, 0.15) is 5.60 Å². The lowest BCUT2D eigenvalue weighted by molar-refractivity contribution is -0.147. The Morgan fingerprint density at radius 2 is 1.68 bits per heavy atom. The average molecular weight is 436 g/mol. The minimum atomic E-state index is -0.494. The Balaban J connectivity index is 1.38. The molecule has 3 aliphatic heterocycles. The van der Waals surface area contributed by atoms with Crippen molar-refractivity contribution in [3.63, 3.8) is 0 Å². The van der Waals surface area contributed by atoms with Crippen molar-refractivity contribution in [1.82, 2.24) is 15.1 Å². The van der Waals surface area contributed by atoms with Crippen LogP contribution in [0, 0.1) is 11.3 Å². The van der Waals surface area contributed by atoms with Crippen molar-refractivity contribution in [3.05, 3.63) is 0 Å². The molecule has 2 amide bonds. The van der Waals surface area contributed by atoms with Crippen molar-refractivity contribution in [2.75, 3.05) is 26.3 Å². The highest BCUT2D eigenvalue weighted by Gasteiger charge is 2.55.